The van der Waals surface area contributed by atoms with E-state index in [2.05, 4.69) is 5.32 Å². The summed E-state index contributed by atoms with van der Waals surface area (Å²) in [7, 11) is 1.35. The van der Waals surface area contributed by atoms with E-state index >= 15 is 0 Å². The van der Waals surface area contributed by atoms with Crippen molar-refractivity contribution >= 4 is 23.3 Å². The SMILES string of the molecule is CCN(C(=O)c1ccccc1)c1ccc(NCc2ccccc2)c(C(=O)OC)c1. The number of esters is 1. The Morgan fingerprint density at radius 2 is 1.59 bits per heavy atom. The summed E-state index contributed by atoms with van der Waals surface area (Å²) in [5.74, 6) is -0.570. The molecule has 0 aromatic heterocycles. The molecule has 5 heteroatoms. The molecule has 148 valence electrons. The fourth-order valence-electron chi connectivity index (χ4n) is 3.11. The van der Waals surface area contributed by atoms with Crippen molar-refractivity contribution in [2.45, 2.75) is 13.5 Å². The second-order valence-corrected chi connectivity index (χ2v) is 6.48. The van der Waals surface area contributed by atoms with Crippen LogP contribution in [-0.4, -0.2) is 25.5 Å². The second kappa shape index (κ2) is 9.55. The van der Waals surface area contributed by atoms with Gasteiger partial charge in [0.2, 0.25) is 0 Å². The first kappa shape index (κ1) is 20.1. The minimum atomic E-state index is -0.453. The van der Waals surface area contributed by atoms with Crippen LogP contribution in [0, 0.1) is 0 Å². The van der Waals surface area contributed by atoms with Crippen LogP contribution < -0.4 is 10.2 Å². The third-order valence-corrected chi connectivity index (χ3v) is 4.63. The Kier molecular flexibility index (Phi) is 6.63. The number of nitrogens with zero attached hydrogens (tertiary/aromatic N) is 1. The lowest BCUT2D eigenvalue weighted by atomic mass is 10.1. The predicted molar refractivity (Wildman–Crippen MR) is 115 cm³/mol. The number of amides is 1. The average Bonchev–Trinajstić information content (AvgIpc) is 2.79. The lowest BCUT2D eigenvalue weighted by molar-refractivity contribution is 0.0601. The highest BCUT2D eigenvalue weighted by molar-refractivity contribution is 6.07. The zero-order valence-corrected chi connectivity index (χ0v) is 16.6. The summed E-state index contributed by atoms with van der Waals surface area (Å²) >= 11 is 0. The smallest absolute Gasteiger partial charge is 0.340 e. The summed E-state index contributed by atoms with van der Waals surface area (Å²) in [4.78, 5) is 26.9. The van der Waals surface area contributed by atoms with Gasteiger partial charge in [-0.2, -0.15) is 0 Å². The molecule has 0 saturated heterocycles. The van der Waals surface area contributed by atoms with E-state index in [4.69, 9.17) is 4.74 Å². The third kappa shape index (κ3) is 4.82. The van der Waals surface area contributed by atoms with Crippen molar-refractivity contribution in [2.24, 2.45) is 0 Å². The molecule has 0 aliphatic heterocycles. The zero-order chi connectivity index (χ0) is 20.6. The first-order chi connectivity index (χ1) is 14.1. The third-order valence-electron chi connectivity index (χ3n) is 4.63. The van der Waals surface area contributed by atoms with Gasteiger partial charge in [0.05, 0.1) is 12.7 Å². The second-order valence-electron chi connectivity index (χ2n) is 6.48. The molecule has 0 bridgehead atoms. The maximum atomic E-state index is 12.9. The van der Waals surface area contributed by atoms with Gasteiger partial charge in [0.1, 0.15) is 0 Å². The number of nitrogens with one attached hydrogen (secondary N) is 1. The summed E-state index contributed by atoms with van der Waals surface area (Å²) in [6.45, 7) is 2.95. The van der Waals surface area contributed by atoms with Crippen LogP contribution in [0.25, 0.3) is 0 Å². The van der Waals surface area contributed by atoms with Crippen molar-refractivity contribution in [2.75, 3.05) is 23.9 Å². The Balaban J connectivity index is 1.89. The molecule has 3 aromatic rings. The number of carbonyl (C=O) groups excluding carboxylic acids is 2. The zero-order valence-electron chi connectivity index (χ0n) is 16.6. The van der Waals surface area contributed by atoms with Crippen molar-refractivity contribution in [1.82, 2.24) is 0 Å². The maximum Gasteiger partial charge on any atom is 0.340 e. The fourth-order valence-corrected chi connectivity index (χ4v) is 3.11. The van der Waals surface area contributed by atoms with Gasteiger partial charge in [0.15, 0.2) is 0 Å². The molecular formula is C24H24N2O3. The van der Waals surface area contributed by atoms with Crippen LogP contribution in [0.3, 0.4) is 0 Å². The van der Waals surface area contributed by atoms with Crippen LogP contribution in [0.5, 0.6) is 0 Å². The van der Waals surface area contributed by atoms with Gasteiger partial charge >= 0.3 is 5.97 Å². The van der Waals surface area contributed by atoms with E-state index in [1.165, 1.54) is 7.11 Å². The van der Waals surface area contributed by atoms with Gasteiger partial charge in [-0.15, -0.1) is 0 Å². The molecule has 3 aromatic carbocycles. The van der Waals surface area contributed by atoms with Gasteiger partial charge in [0, 0.05) is 30.0 Å². The van der Waals surface area contributed by atoms with E-state index in [0.717, 1.165) is 5.56 Å². The molecule has 0 fully saturated rings. The van der Waals surface area contributed by atoms with Crippen molar-refractivity contribution < 1.29 is 14.3 Å². The van der Waals surface area contributed by atoms with Crippen LogP contribution in [0.2, 0.25) is 0 Å². The fraction of sp³-hybridized carbons (Fsp3) is 0.167. The Bertz CT molecular complexity index is 972. The van der Waals surface area contributed by atoms with Crippen LogP contribution >= 0.6 is 0 Å². The number of ether oxygens (including phenoxy) is 1. The largest absolute Gasteiger partial charge is 0.465 e. The van der Waals surface area contributed by atoms with Crippen LogP contribution in [0.15, 0.2) is 78.9 Å². The highest BCUT2D eigenvalue weighted by atomic mass is 16.5. The number of methoxy groups -OCH3 is 1. The number of benzene rings is 3. The molecular weight excluding hydrogens is 364 g/mol. The molecule has 0 aliphatic carbocycles. The highest BCUT2D eigenvalue weighted by Gasteiger charge is 2.19. The summed E-state index contributed by atoms with van der Waals surface area (Å²) in [6, 6.07) is 24.4. The molecule has 0 heterocycles. The van der Waals surface area contributed by atoms with E-state index in [9.17, 15) is 9.59 Å². The van der Waals surface area contributed by atoms with Crippen molar-refractivity contribution in [1.29, 1.82) is 0 Å². The normalized spacial score (nSPS) is 10.3. The van der Waals surface area contributed by atoms with Crippen molar-refractivity contribution in [3.05, 3.63) is 95.6 Å². The Morgan fingerprint density at radius 3 is 2.21 bits per heavy atom. The van der Waals surface area contributed by atoms with Crippen LogP contribution in [0.4, 0.5) is 11.4 Å². The molecule has 1 amide bonds. The molecule has 0 radical (unpaired) electrons. The summed E-state index contributed by atoms with van der Waals surface area (Å²) < 4.78 is 4.96. The predicted octanol–water partition coefficient (Wildman–Crippen LogP) is 4.75. The van der Waals surface area contributed by atoms with E-state index in [1.54, 1.807) is 23.1 Å². The number of carbonyl (C=O) groups is 2. The molecule has 29 heavy (non-hydrogen) atoms. The van der Waals surface area contributed by atoms with Gasteiger partial charge < -0.3 is 15.0 Å². The first-order valence-corrected chi connectivity index (χ1v) is 9.51. The number of rotatable bonds is 7. The first-order valence-electron chi connectivity index (χ1n) is 9.51. The molecule has 5 nitrogen and oxygen atoms in total. The Hall–Kier alpha value is -3.60. The molecule has 3 rings (SSSR count). The number of hydrogen-bond acceptors (Lipinski definition) is 4. The molecule has 0 unspecified atom stereocenters. The van der Waals surface area contributed by atoms with E-state index in [-0.39, 0.29) is 5.91 Å². The number of anilines is 2. The van der Waals surface area contributed by atoms with E-state index in [1.807, 2.05) is 67.6 Å². The average molecular weight is 388 g/mol. The Labute approximate surface area is 170 Å². The molecule has 0 aliphatic rings. The minimum Gasteiger partial charge on any atom is -0.465 e. The molecule has 0 spiro atoms. The van der Waals surface area contributed by atoms with Gasteiger partial charge in [-0.25, -0.2) is 4.79 Å². The minimum absolute atomic E-state index is 0.117. The molecule has 1 N–H and O–H groups in total. The lowest BCUT2D eigenvalue weighted by Crippen LogP contribution is -2.30. The summed E-state index contributed by atoms with van der Waals surface area (Å²) in [5, 5.41) is 3.29. The quantitative estimate of drug-likeness (QED) is 0.593. The monoisotopic (exact) mass is 388 g/mol. The topological polar surface area (TPSA) is 58.6 Å². The van der Waals surface area contributed by atoms with E-state index in [0.29, 0.717) is 35.6 Å². The van der Waals surface area contributed by atoms with Crippen molar-refractivity contribution in [3.8, 4) is 0 Å². The van der Waals surface area contributed by atoms with Crippen LogP contribution in [-0.2, 0) is 11.3 Å². The van der Waals surface area contributed by atoms with Gasteiger partial charge in [-0.05, 0) is 42.8 Å². The van der Waals surface area contributed by atoms with Gasteiger partial charge in [0.25, 0.3) is 5.91 Å². The standard InChI is InChI=1S/C24H24N2O3/c1-3-26(23(27)19-12-8-5-9-13-19)20-14-15-22(21(16-20)24(28)29-2)25-17-18-10-6-4-7-11-18/h4-16,25H,3,17H2,1-2H3. The molecule has 0 atom stereocenters. The Morgan fingerprint density at radius 1 is 0.931 bits per heavy atom. The van der Waals surface area contributed by atoms with Crippen molar-refractivity contribution in [3.63, 3.8) is 0 Å². The maximum absolute atomic E-state index is 12.9. The summed E-state index contributed by atoms with van der Waals surface area (Å²) in [5.41, 5.74) is 3.39. The van der Waals surface area contributed by atoms with Crippen LogP contribution in [0.1, 0.15) is 33.2 Å². The highest BCUT2D eigenvalue weighted by Crippen LogP contribution is 2.26. The molecule has 0 saturated carbocycles. The van der Waals surface area contributed by atoms with E-state index < -0.39 is 5.97 Å². The van der Waals surface area contributed by atoms with Gasteiger partial charge in [-0.3, -0.25) is 4.79 Å². The number of hydrogen-bond donors (Lipinski definition) is 1. The lowest BCUT2D eigenvalue weighted by Gasteiger charge is -2.23. The summed E-state index contributed by atoms with van der Waals surface area (Å²) in [6.07, 6.45) is 0. The van der Waals surface area contributed by atoms with Gasteiger partial charge in [-0.1, -0.05) is 48.5 Å².